The molecule has 1 N–H and O–H groups in total. The van der Waals surface area contributed by atoms with Crippen molar-refractivity contribution in [2.45, 2.75) is 63.6 Å². The van der Waals surface area contributed by atoms with Crippen LogP contribution in [0.5, 0.6) is 0 Å². The van der Waals surface area contributed by atoms with Crippen LogP contribution in [0.15, 0.2) is 0 Å². The third-order valence-electron chi connectivity index (χ3n) is 3.42. The van der Waals surface area contributed by atoms with Gasteiger partial charge in [0.05, 0.1) is 0 Å². The number of hydrogen-bond donors (Lipinski definition) is 1. The molecule has 12 heteroatoms. The molecule has 0 atom stereocenters. The van der Waals surface area contributed by atoms with Crippen molar-refractivity contribution in [3.63, 3.8) is 0 Å². The lowest BCUT2D eigenvalue weighted by atomic mass is 9.97. The summed E-state index contributed by atoms with van der Waals surface area (Å²) in [4.78, 5) is 12.4. The minimum atomic E-state index is -6.82. The first-order valence-electron chi connectivity index (χ1n) is 7.43. The molecule has 0 aromatic heterocycles. The number of unbranched alkanes of at least 4 members (excludes halogenated alkanes) is 2. The monoisotopic (exact) mass is 390 g/mol. The molecule has 0 aromatic carbocycles. The average molecular weight is 390 g/mol. The Morgan fingerprint density at radius 1 is 0.760 bits per heavy atom. The number of nitrogens with one attached hydrogen (secondary N) is 1. The van der Waals surface area contributed by atoms with E-state index in [1.54, 1.807) is 13.8 Å². The van der Waals surface area contributed by atoms with Crippen LogP contribution in [0.2, 0.25) is 0 Å². The van der Waals surface area contributed by atoms with Gasteiger partial charge in [-0.05, 0) is 12.8 Å². The van der Waals surface area contributed by atoms with Gasteiger partial charge in [0, 0.05) is 13.1 Å². The van der Waals surface area contributed by atoms with Gasteiger partial charge in [0.2, 0.25) is 0 Å². The predicted molar refractivity (Wildman–Crippen MR) is 70.8 cm³/mol. The Morgan fingerprint density at radius 2 is 1.08 bits per heavy atom. The number of amides is 2. The van der Waals surface area contributed by atoms with Crippen LogP contribution in [0.3, 0.4) is 0 Å². The first-order valence-corrected chi connectivity index (χ1v) is 7.43. The van der Waals surface area contributed by atoms with E-state index in [1.165, 1.54) is 0 Å². The highest BCUT2D eigenvalue weighted by Crippen LogP contribution is 2.52. The van der Waals surface area contributed by atoms with Gasteiger partial charge in [0.1, 0.15) is 0 Å². The van der Waals surface area contributed by atoms with E-state index in [9.17, 15) is 44.3 Å². The molecule has 0 rings (SSSR count). The molecule has 0 radical (unpaired) electrons. The second-order valence-corrected chi connectivity index (χ2v) is 5.37. The Bertz CT molecular complexity index is 385. The summed E-state index contributed by atoms with van der Waals surface area (Å²) in [5.74, 6) is 0. The topological polar surface area (TPSA) is 32.3 Å². The number of halogens is 9. The van der Waals surface area contributed by atoms with E-state index < -0.39 is 30.1 Å². The Morgan fingerprint density at radius 3 is 1.32 bits per heavy atom. The number of nitrogens with zero attached hydrogens (tertiary/aromatic N) is 1. The van der Waals surface area contributed by atoms with Crippen molar-refractivity contribution < 1.29 is 44.3 Å². The van der Waals surface area contributed by atoms with E-state index in [4.69, 9.17) is 0 Å². The van der Waals surface area contributed by atoms with Crippen molar-refractivity contribution in [2.75, 3.05) is 13.1 Å². The van der Waals surface area contributed by atoms with Crippen molar-refractivity contribution in [2.24, 2.45) is 0 Å². The van der Waals surface area contributed by atoms with Crippen molar-refractivity contribution >= 4 is 6.03 Å². The molecule has 25 heavy (non-hydrogen) atoms. The minimum absolute atomic E-state index is 0.180. The van der Waals surface area contributed by atoms with Gasteiger partial charge in [-0.25, -0.2) is 4.79 Å². The molecule has 0 fully saturated rings. The van der Waals surface area contributed by atoms with Gasteiger partial charge in [-0.15, -0.1) is 0 Å². The fourth-order valence-corrected chi connectivity index (χ4v) is 1.95. The first kappa shape index (κ1) is 23.6. The van der Waals surface area contributed by atoms with Crippen LogP contribution >= 0.6 is 0 Å². The molecular weight excluding hydrogens is 371 g/mol. The van der Waals surface area contributed by atoms with Gasteiger partial charge in [-0.2, -0.15) is 39.5 Å². The van der Waals surface area contributed by atoms with Crippen LogP contribution in [0.25, 0.3) is 0 Å². The smallest absolute Gasteiger partial charge is 0.325 e. The summed E-state index contributed by atoms with van der Waals surface area (Å²) in [6.45, 7) is 2.76. The zero-order valence-electron chi connectivity index (χ0n) is 13.5. The molecule has 0 spiro atoms. The number of carbonyl (C=O) groups is 1. The fraction of sp³-hybridized carbons (Fsp3) is 0.923. The van der Waals surface area contributed by atoms with E-state index >= 15 is 0 Å². The van der Waals surface area contributed by atoms with E-state index in [0.717, 1.165) is 0 Å². The summed E-state index contributed by atoms with van der Waals surface area (Å²) in [5.41, 5.74) is -6.33. The Kier molecular flexibility index (Phi) is 7.89. The SMILES string of the molecule is CCCCN(CCCC)C(=O)NC(C(F)(F)F)(C(F)(F)F)C(F)(F)F. The van der Waals surface area contributed by atoms with Crippen molar-refractivity contribution in [1.29, 1.82) is 0 Å². The maximum Gasteiger partial charge on any atom is 0.429 e. The number of rotatable bonds is 7. The lowest BCUT2D eigenvalue weighted by molar-refractivity contribution is -0.386. The highest BCUT2D eigenvalue weighted by molar-refractivity contribution is 5.75. The van der Waals surface area contributed by atoms with Crippen LogP contribution < -0.4 is 5.32 Å². The Balaban J connectivity index is 5.87. The molecule has 0 heterocycles. The molecule has 0 aliphatic rings. The maximum atomic E-state index is 12.8. The molecular formula is C13H19F9N2O. The molecule has 0 saturated carbocycles. The molecule has 0 bridgehead atoms. The quantitative estimate of drug-likeness (QED) is 0.608. The molecule has 3 nitrogen and oxygen atoms in total. The minimum Gasteiger partial charge on any atom is -0.325 e. The molecule has 0 aromatic rings. The zero-order chi connectivity index (χ0) is 20.1. The standard InChI is InChI=1S/C13H19F9N2O/c1-3-5-7-24(8-6-4-2)9(25)23-10(11(14,15)16,12(17,18)19)13(20,21)22/h3-8H2,1-2H3,(H,23,25). The van der Waals surface area contributed by atoms with Gasteiger partial charge in [-0.3, -0.25) is 0 Å². The van der Waals surface area contributed by atoms with Crippen LogP contribution in [-0.4, -0.2) is 48.1 Å². The summed E-state index contributed by atoms with van der Waals surface area (Å²) in [5, 5.41) is 0.180. The third kappa shape index (κ3) is 5.30. The normalized spacial score (nSPS) is 13.7. The maximum absolute atomic E-state index is 12.8. The van der Waals surface area contributed by atoms with Crippen LogP contribution in [0.1, 0.15) is 39.5 Å². The van der Waals surface area contributed by atoms with Crippen LogP contribution in [-0.2, 0) is 0 Å². The molecule has 0 aliphatic heterocycles. The summed E-state index contributed by atoms with van der Waals surface area (Å²) < 4.78 is 115. The second-order valence-electron chi connectivity index (χ2n) is 5.37. The largest absolute Gasteiger partial charge is 0.429 e. The van der Waals surface area contributed by atoms with Crippen LogP contribution in [0, 0.1) is 0 Å². The lowest BCUT2D eigenvalue weighted by Gasteiger charge is -2.40. The highest BCUT2D eigenvalue weighted by atomic mass is 19.4. The average Bonchev–Trinajstić information content (AvgIpc) is 2.40. The van der Waals surface area contributed by atoms with Crippen molar-refractivity contribution in [3.05, 3.63) is 0 Å². The fourth-order valence-electron chi connectivity index (χ4n) is 1.95. The van der Waals surface area contributed by atoms with Crippen molar-refractivity contribution in [3.8, 4) is 0 Å². The predicted octanol–water partition coefficient (Wildman–Crippen LogP) is 5.02. The molecule has 150 valence electrons. The third-order valence-corrected chi connectivity index (χ3v) is 3.42. The Labute approximate surface area is 138 Å². The second kappa shape index (κ2) is 8.35. The first-order chi connectivity index (χ1) is 11.2. The van der Waals surface area contributed by atoms with Crippen molar-refractivity contribution in [1.82, 2.24) is 10.2 Å². The highest BCUT2D eigenvalue weighted by Gasteiger charge is 2.85. The summed E-state index contributed by atoms with van der Waals surface area (Å²) >= 11 is 0. The van der Waals surface area contributed by atoms with Crippen LogP contribution in [0.4, 0.5) is 44.3 Å². The Hall–Kier alpha value is -1.36. The number of hydrogen-bond acceptors (Lipinski definition) is 1. The van der Waals surface area contributed by atoms with E-state index in [-0.39, 0.29) is 31.2 Å². The molecule has 2 amide bonds. The van der Waals surface area contributed by atoms with E-state index in [1.807, 2.05) is 0 Å². The number of urea groups is 1. The van der Waals surface area contributed by atoms with E-state index in [0.29, 0.717) is 17.7 Å². The molecule has 0 aliphatic carbocycles. The summed E-state index contributed by atoms with van der Waals surface area (Å²) in [6, 6.07) is -2.06. The van der Waals surface area contributed by atoms with Gasteiger partial charge in [0.25, 0.3) is 0 Å². The molecule has 0 saturated heterocycles. The van der Waals surface area contributed by atoms with Gasteiger partial charge in [0.15, 0.2) is 0 Å². The van der Waals surface area contributed by atoms with Gasteiger partial charge in [-0.1, -0.05) is 26.7 Å². The number of carbonyl (C=O) groups excluding carboxylic acids is 1. The van der Waals surface area contributed by atoms with Gasteiger partial charge < -0.3 is 10.2 Å². The van der Waals surface area contributed by atoms with Gasteiger partial charge >= 0.3 is 30.1 Å². The van der Waals surface area contributed by atoms with E-state index in [2.05, 4.69) is 0 Å². The molecule has 0 unspecified atom stereocenters. The number of alkyl halides is 9. The zero-order valence-corrected chi connectivity index (χ0v) is 13.5. The summed E-state index contributed by atoms with van der Waals surface area (Å²) in [7, 11) is 0. The lowest BCUT2D eigenvalue weighted by Crippen LogP contribution is -2.76. The summed E-state index contributed by atoms with van der Waals surface area (Å²) in [6.07, 6.45) is -19.1.